The second-order valence-corrected chi connectivity index (χ2v) is 3.80. The number of carboxylic acids is 1. The highest BCUT2D eigenvalue weighted by atomic mass is 19.1. The summed E-state index contributed by atoms with van der Waals surface area (Å²) in [5.74, 6) is -0.178. The molecule has 4 heteroatoms. The summed E-state index contributed by atoms with van der Waals surface area (Å²) in [4.78, 5) is 10.4. The van der Waals surface area contributed by atoms with E-state index in [2.05, 4.69) is 0 Å². The molecule has 1 N–H and O–H groups in total. The minimum atomic E-state index is -0.994. The van der Waals surface area contributed by atoms with E-state index in [1.165, 1.54) is 30.3 Å². The summed E-state index contributed by atoms with van der Waals surface area (Å²) in [5.41, 5.74) is 0.758. The Morgan fingerprint density at radius 3 is 2.05 bits per heavy atom. The van der Waals surface area contributed by atoms with Crippen LogP contribution in [-0.2, 0) is 4.79 Å². The normalized spacial score (nSPS) is 10.6. The van der Waals surface area contributed by atoms with Gasteiger partial charge in [-0.15, -0.1) is 0 Å². The molecule has 2 rings (SSSR count). The van der Waals surface area contributed by atoms with Gasteiger partial charge in [-0.05, 0) is 48.0 Å². The van der Waals surface area contributed by atoms with Crippen molar-refractivity contribution in [3.8, 4) is 11.5 Å². The molecule has 0 bridgehead atoms. The Morgan fingerprint density at radius 1 is 1.00 bits per heavy atom. The number of halogens is 1. The minimum Gasteiger partial charge on any atom is -0.478 e. The van der Waals surface area contributed by atoms with Crippen molar-refractivity contribution < 1.29 is 19.0 Å². The van der Waals surface area contributed by atoms with Gasteiger partial charge in [0, 0.05) is 6.08 Å². The van der Waals surface area contributed by atoms with Gasteiger partial charge in [-0.2, -0.15) is 0 Å². The Bertz CT molecular complexity index is 586. The molecule has 19 heavy (non-hydrogen) atoms. The lowest BCUT2D eigenvalue weighted by Crippen LogP contribution is -1.86. The summed E-state index contributed by atoms with van der Waals surface area (Å²) >= 11 is 0. The molecular formula is C15H11FO3. The topological polar surface area (TPSA) is 46.5 Å². The van der Waals surface area contributed by atoms with Gasteiger partial charge in [-0.25, -0.2) is 9.18 Å². The molecule has 0 unspecified atom stereocenters. The molecule has 0 atom stereocenters. The van der Waals surface area contributed by atoms with E-state index >= 15 is 0 Å². The zero-order valence-electron chi connectivity index (χ0n) is 9.92. The molecule has 3 nitrogen and oxygen atoms in total. The number of carbonyl (C=O) groups is 1. The number of rotatable bonds is 4. The summed E-state index contributed by atoms with van der Waals surface area (Å²) in [7, 11) is 0. The molecule has 0 saturated heterocycles. The standard InChI is InChI=1S/C15H11FO3/c16-12-4-8-14(9-5-12)19-13-6-1-11(2-7-13)3-10-15(17)18/h1-10H,(H,17,18)/b10-3-. The predicted molar refractivity (Wildman–Crippen MR) is 69.6 cm³/mol. The molecule has 96 valence electrons. The molecule has 0 radical (unpaired) electrons. The van der Waals surface area contributed by atoms with Crippen LogP contribution in [0.5, 0.6) is 11.5 Å². The van der Waals surface area contributed by atoms with Gasteiger partial charge >= 0.3 is 5.97 Å². The lowest BCUT2D eigenvalue weighted by Gasteiger charge is -2.05. The highest BCUT2D eigenvalue weighted by Gasteiger charge is 1.98. The first-order valence-electron chi connectivity index (χ1n) is 5.58. The monoisotopic (exact) mass is 258 g/mol. The highest BCUT2D eigenvalue weighted by Crippen LogP contribution is 2.22. The third-order valence-electron chi connectivity index (χ3n) is 2.35. The number of aliphatic carboxylic acids is 1. The molecule has 0 fully saturated rings. The number of ether oxygens (including phenoxy) is 1. The SMILES string of the molecule is O=C(O)/C=C\c1ccc(Oc2ccc(F)cc2)cc1. The number of hydrogen-bond donors (Lipinski definition) is 1. The van der Waals surface area contributed by atoms with Crippen LogP contribution in [0.1, 0.15) is 5.56 Å². The first-order valence-corrected chi connectivity index (χ1v) is 5.58. The second-order valence-electron chi connectivity index (χ2n) is 3.80. The molecular weight excluding hydrogens is 247 g/mol. The van der Waals surface area contributed by atoms with Crippen LogP contribution in [0.3, 0.4) is 0 Å². The van der Waals surface area contributed by atoms with Crippen LogP contribution in [0.2, 0.25) is 0 Å². The van der Waals surface area contributed by atoms with Gasteiger partial charge in [0.05, 0.1) is 0 Å². The Labute approximate surface area is 109 Å². The van der Waals surface area contributed by atoms with E-state index in [9.17, 15) is 9.18 Å². The van der Waals surface area contributed by atoms with E-state index in [0.29, 0.717) is 11.5 Å². The molecule has 2 aromatic carbocycles. The fraction of sp³-hybridized carbons (Fsp3) is 0. The summed E-state index contributed by atoms with van der Waals surface area (Å²) in [6, 6.07) is 12.6. The predicted octanol–water partition coefficient (Wildman–Crippen LogP) is 3.72. The minimum absolute atomic E-state index is 0.318. The summed E-state index contributed by atoms with van der Waals surface area (Å²) < 4.78 is 18.2. The third kappa shape index (κ3) is 3.96. The van der Waals surface area contributed by atoms with Crippen LogP contribution in [0.25, 0.3) is 6.08 Å². The van der Waals surface area contributed by atoms with Gasteiger partial charge in [0.15, 0.2) is 0 Å². The molecule has 0 spiro atoms. The van der Waals surface area contributed by atoms with Crippen molar-refractivity contribution in [1.82, 2.24) is 0 Å². The van der Waals surface area contributed by atoms with Crippen LogP contribution in [0, 0.1) is 5.82 Å². The first-order chi connectivity index (χ1) is 9.13. The van der Waals surface area contributed by atoms with E-state index in [-0.39, 0.29) is 5.82 Å². The van der Waals surface area contributed by atoms with Crippen LogP contribution in [-0.4, -0.2) is 11.1 Å². The van der Waals surface area contributed by atoms with Crippen molar-refractivity contribution in [3.63, 3.8) is 0 Å². The van der Waals surface area contributed by atoms with Crippen LogP contribution in [0.4, 0.5) is 4.39 Å². The van der Waals surface area contributed by atoms with E-state index in [1.54, 1.807) is 24.3 Å². The molecule has 0 saturated carbocycles. The van der Waals surface area contributed by atoms with Gasteiger partial charge in [0.25, 0.3) is 0 Å². The Kier molecular flexibility index (Phi) is 3.93. The van der Waals surface area contributed by atoms with Crippen molar-refractivity contribution in [1.29, 1.82) is 0 Å². The zero-order chi connectivity index (χ0) is 13.7. The third-order valence-corrected chi connectivity index (χ3v) is 2.35. The molecule has 0 heterocycles. The fourth-order valence-electron chi connectivity index (χ4n) is 1.45. The van der Waals surface area contributed by atoms with E-state index in [0.717, 1.165) is 11.6 Å². The summed E-state index contributed by atoms with van der Waals surface area (Å²) in [6.45, 7) is 0. The molecule has 0 aromatic heterocycles. The maximum Gasteiger partial charge on any atom is 0.328 e. The Balaban J connectivity index is 2.06. The smallest absolute Gasteiger partial charge is 0.328 e. The number of hydrogen-bond acceptors (Lipinski definition) is 2. The Morgan fingerprint density at radius 2 is 1.53 bits per heavy atom. The largest absolute Gasteiger partial charge is 0.478 e. The summed E-state index contributed by atoms with van der Waals surface area (Å²) in [6.07, 6.45) is 2.56. The van der Waals surface area contributed by atoms with Crippen molar-refractivity contribution in [2.75, 3.05) is 0 Å². The average Bonchev–Trinajstić information content (AvgIpc) is 2.40. The van der Waals surface area contributed by atoms with Gasteiger partial charge in [0.2, 0.25) is 0 Å². The average molecular weight is 258 g/mol. The van der Waals surface area contributed by atoms with Gasteiger partial charge in [-0.3, -0.25) is 0 Å². The van der Waals surface area contributed by atoms with Crippen LogP contribution >= 0.6 is 0 Å². The van der Waals surface area contributed by atoms with E-state index in [4.69, 9.17) is 9.84 Å². The quantitative estimate of drug-likeness (QED) is 0.850. The summed E-state index contributed by atoms with van der Waals surface area (Å²) in [5, 5.41) is 8.50. The molecule has 0 amide bonds. The van der Waals surface area contributed by atoms with E-state index < -0.39 is 5.97 Å². The van der Waals surface area contributed by atoms with Gasteiger partial charge < -0.3 is 9.84 Å². The maximum atomic E-state index is 12.7. The molecule has 2 aromatic rings. The van der Waals surface area contributed by atoms with Crippen molar-refractivity contribution in [2.45, 2.75) is 0 Å². The van der Waals surface area contributed by atoms with Crippen LogP contribution in [0.15, 0.2) is 54.6 Å². The van der Waals surface area contributed by atoms with Crippen molar-refractivity contribution in [3.05, 3.63) is 66.0 Å². The second kappa shape index (κ2) is 5.82. The number of carboxylic acid groups (broad SMARTS) is 1. The molecule has 0 aliphatic rings. The molecule has 0 aliphatic heterocycles. The van der Waals surface area contributed by atoms with Crippen LogP contribution < -0.4 is 4.74 Å². The number of benzene rings is 2. The first kappa shape index (κ1) is 12.8. The van der Waals surface area contributed by atoms with Gasteiger partial charge in [0.1, 0.15) is 17.3 Å². The Hall–Kier alpha value is -2.62. The highest BCUT2D eigenvalue weighted by molar-refractivity contribution is 5.85. The zero-order valence-corrected chi connectivity index (χ0v) is 9.92. The van der Waals surface area contributed by atoms with Crippen molar-refractivity contribution >= 4 is 12.0 Å². The van der Waals surface area contributed by atoms with E-state index in [1.807, 2.05) is 0 Å². The lowest BCUT2D eigenvalue weighted by molar-refractivity contribution is -0.131. The maximum absolute atomic E-state index is 12.7. The fourth-order valence-corrected chi connectivity index (χ4v) is 1.45. The van der Waals surface area contributed by atoms with Gasteiger partial charge in [-0.1, -0.05) is 12.1 Å². The molecule has 0 aliphatic carbocycles. The lowest BCUT2D eigenvalue weighted by atomic mass is 10.2. The van der Waals surface area contributed by atoms with Crippen molar-refractivity contribution in [2.24, 2.45) is 0 Å².